The summed E-state index contributed by atoms with van der Waals surface area (Å²) in [4.78, 5) is 9.96. The van der Waals surface area contributed by atoms with Crippen LogP contribution in [0.15, 0.2) is 30.3 Å². The van der Waals surface area contributed by atoms with Gasteiger partial charge in [0.15, 0.2) is 0 Å². The molecule has 0 unspecified atom stereocenters. The molecule has 0 radical (unpaired) electrons. The molecule has 0 bridgehead atoms. The van der Waals surface area contributed by atoms with Crippen LogP contribution in [0, 0.1) is 0 Å². The van der Waals surface area contributed by atoms with Gasteiger partial charge in [-0.2, -0.15) is 0 Å². The maximum Gasteiger partial charge on any atom is 0.123 e. The van der Waals surface area contributed by atoms with Crippen molar-refractivity contribution >= 4 is 12.4 Å². The summed E-state index contributed by atoms with van der Waals surface area (Å²) in [7, 11) is 0. The van der Waals surface area contributed by atoms with Gasteiger partial charge in [-0.05, 0) is 17.7 Å². The van der Waals surface area contributed by atoms with Crippen LogP contribution in [0.2, 0.25) is 0 Å². The first-order valence-corrected chi connectivity index (χ1v) is 3.72. The number of aldehydes is 1. The Morgan fingerprint density at radius 1 is 1.25 bits per heavy atom. The molecule has 0 heterocycles. The van der Waals surface area contributed by atoms with E-state index >= 15 is 0 Å². The summed E-state index contributed by atoms with van der Waals surface area (Å²) in [6.07, 6.45) is 4.89. The van der Waals surface area contributed by atoms with Crippen LogP contribution < -0.4 is 0 Å². The fourth-order valence-corrected chi connectivity index (χ4v) is 0.845. The smallest absolute Gasteiger partial charge is 0.123 e. The third-order valence-electron chi connectivity index (χ3n) is 1.44. The van der Waals surface area contributed by atoms with Crippen molar-refractivity contribution in [1.82, 2.24) is 0 Å². The van der Waals surface area contributed by atoms with E-state index in [9.17, 15) is 4.79 Å². The highest BCUT2D eigenvalue weighted by Gasteiger charge is 1.86. The second-order valence-electron chi connectivity index (χ2n) is 2.40. The molecule has 0 amide bonds. The van der Waals surface area contributed by atoms with Crippen molar-refractivity contribution < 1.29 is 9.90 Å². The second-order valence-corrected chi connectivity index (χ2v) is 2.40. The summed E-state index contributed by atoms with van der Waals surface area (Å²) in [5.74, 6) is 0.252. The zero-order valence-electron chi connectivity index (χ0n) is 6.60. The molecule has 0 fully saturated rings. The zero-order chi connectivity index (χ0) is 8.81. The van der Waals surface area contributed by atoms with Crippen molar-refractivity contribution in [2.24, 2.45) is 0 Å². The SMILES string of the molecule is O=CC/C=C\c1ccc(O)cc1. The molecule has 0 saturated heterocycles. The summed E-state index contributed by atoms with van der Waals surface area (Å²) in [6.45, 7) is 0. The molecule has 1 rings (SSSR count). The highest BCUT2D eigenvalue weighted by Crippen LogP contribution is 2.10. The summed E-state index contributed by atoms with van der Waals surface area (Å²) in [5.41, 5.74) is 0.981. The van der Waals surface area contributed by atoms with Gasteiger partial charge >= 0.3 is 0 Å². The van der Waals surface area contributed by atoms with Gasteiger partial charge < -0.3 is 9.90 Å². The average molecular weight is 162 g/mol. The molecule has 12 heavy (non-hydrogen) atoms. The van der Waals surface area contributed by atoms with Crippen LogP contribution >= 0.6 is 0 Å². The zero-order valence-corrected chi connectivity index (χ0v) is 6.60. The Labute approximate surface area is 71.2 Å². The summed E-state index contributed by atoms with van der Waals surface area (Å²) < 4.78 is 0. The van der Waals surface area contributed by atoms with Gasteiger partial charge in [0.25, 0.3) is 0 Å². The molecule has 62 valence electrons. The molecule has 1 aromatic rings. The van der Waals surface area contributed by atoms with Crippen LogP contribution in [-0.4, -0.2) is 11.4 Å². The molecule has 0 aliphatic rings. The Morgan fingerprint density at radius 3 is 2.50 bits per heavy atom. The number of phenolic OH excluding ortho intramolecular Hbond substituents is 1. The van der Waals surface area contributed by atoms with Gasteiger partial charge in [-0.3, -0.25) is 0 Å². The number of benzene rings is 1. The molecular formula is C10H10O2. The lowest BCUT2D eigenvalue weighted by atomic mass is 10.2. The first-order valence-electron chi connectivity index (χ1n) is 3.72. The Morgan fingerprint density at radius 2 is 1.92 bits per heavy atom. The minimum absolute atomic E-state index is 0.252. The van der Waals surface area contributed by atoms with E-state index in [1.54, 1.807) is 30.3 Å². The van der Waals surface area contributed by atoms with Gasteiger partial charge in [-0.25, -0.2) is 0 Å². The summed E-state index contributed by atoms with van der Waals surface area (Å²) >= 11 is 0. The molecule has 1 aromatic carbocycles. The van der Waals surface area contributed by atoms with Crippen molar-refractivity contribution in [3.05, 3.63) is 35.9 Å². The molecule has 0 aliphatic carbocycles. The van der Waals surface area contributed by atoms with Crippen molar-refractivity contribution in [3.63, 3.8) is 0 Å². The number of allylic oxidation sites excluding steroid dienone is 1. The Kier molecular flexibility index (Phi) is 3.08. The standard InChI is InChI=1S/C10H10O2/c11-8-2-1-3-9-4-6-10(12)7-5-9/h1,3-8,12H,2H2/b3-1-. The topological polar surface area (TPSA) is 37.3 Å². The van der Waals surface area contributed by atoms with Crippen LogP contribution in [0.4, 0.5) is 0 Å². The number of hydrogen-bond donors (Lipinski definition) is 1. The molecule has 0 saturated carbocycles. The minimum Gasteiger partial charge on any atom is -0.508 e. The number of carbonyl (C=O) groups is 1. The molecular weight excluding hydrogens is 152 g/mol. The quantitative estimate of drug-likeness (QED) is 0.690. The van der Waals surface area contributed by atoms with Gasteiger partial charge in [0.1, 0.15) is 12.0 Å². The third-order valence-corrected chi connectivity index (χ3v) is 1.44. The summed E-state index contributed by atoms with van der Waals surface area (Å²) in [5, 5.41) is 8.95. The lowest BCUT2D eigenvalue weighted by Crippen LogP contribution is -1.71. The Balaban J connectivity index is 2.64. The summed E-state index contributed by atoms with van der Waals surface area (Å²) in [6, 6.07) is 6.80. The second kappa shape index (κ2) is 4.34. The van der Waals surface area contributed by atoms with E-state index in [0.29, 0.717) is 6.42 Å². The molecule has 1 N–H and O–H groups in total. The normalized spacial score (nSPS) is 10.3. The number of rotatable bonds is 3. The molecule has 2 heteroatoms. The minimum atomic E-state index is 0.252. The van der Waals surface area contributed by atoms with Crippen LogP contribution in [0.1, 0.15) is 12.0 Å². The van der Waals surface area contributed by atoms with Crippen LogP contribution in [0.5, 0.6) is 5.75 Å². The maximum absolute atomic E-state index is 9.96. The molecule has 0 aromatic heterocycles. The number of hydrogen-bond acceptors (Lipinski definition) is 2. The highest BCUT2D eigenvalue weighted by molar-refractivity contribution is 5.58. The van der Waals surface area contributed by atoms with Crippen LogP contribution in [0.3, 0.4) is 0 Å². The fraction of sp³-hybridized carbons (Fsp3) is 0.100. The number of phenols is 1. The first-order chi connectivity index (χ1) is 5.83. The predicted octanol–water partition coefficient (Wildman–Crippen LogP) is 1.99. The van der Waals surface area contributed by atoms with Crippen LogP contribution in [0.25, 0.3) is 6.08 Å². The average Bonchev–Trinajstić information content (AvgIpc) is 2.09. The van der Waals surface area contributed by atoms with E-state index in [2.05, 4.69) is 0 Å². The first kappa shape index (κ1) is 8.53. The Bertz CT molecular complexity index is 272. The molecule has 0 spiro atoms. The van der Waals surface area contributed by atoms with Crippen LogP contribution in [-0.2, 0) is 4.79 Å². The van der Waals surface area contributed by atoms with Gasteiger partial charge in [0.2, 0.25) is 0 Å². The highest BCUT2D eigenvalue weighted by atomic mass is 16.3. The van der Waals surface area contributed by atoms with E-state index in [1.165, 1.54) is 0 Å². The van der Waals surface area contributed by atoms with Gasteiger partial charge in [-0.1, -0.05) is 24.3 Å². The fourth-order valence-electron chi connectivity index (χ4n) is 0.845. The van der Waals surface area contributed by atoms with E-state index in [4.69, 9.17) is 5.11 Å². The molecule has 0 aliphatic heterocycles. The predicted molar refractivity (Wildman–Crippen MR) is 47.8 cm³/mol. The van der Waals surface area contributed by atoms with Crippen molar-refractivity contribution in [2.45, 2.75) is 6.42 Å². The van der Waals surface area contributed by atoms with Gasteiger partial charge in [0, 0.05) is 6.42 Å². The Hall–Kier alpha value is -1.57. The largest absolute Gasteiger partial charge is 0.508 e. The van der Waals surface area contributed by atoms with E-state index in [0.717, 1.165) is 11.8 Å². The molecule has 0 atom stereocenters. The lowest BCUT2D eigenvalue weighted by Gasteiger charge is -1.92. The lowest BCUT2D eigenvalue weighted by molar-refractivity contribution is -0.107. The monoisotopic (exact) mass is 162 g/mol. The van der Waals surface area contributed by atoms with E-state index in [-0.39, 0.29) is 5.75 Å². The van der Waals surface area contributed by atoms with Crippen molar-refractivity contribution in [3.8, 4) is 5.75 Å². The number of aromatic hydroxyl groups is 1. The van der Waals surface area contributed by atoms with Crippen molar-refractivity contribution in [1.29, 1.82) is 0 Å². The van der Waals surface area contributed by atoms with Gasteiger partial charge in [-0.15, -0.1) is 0 Å². The molecule has 2 nitrogen and oxygen atoms in total. The third kappa shape index (κ3) is 2.58. The van der Waals surface area contributed by atoms with E-state index in [1.807, 2.05) is 6.08 Å². The van der Waals surface area contributed by atoms with Gasteiger partial charge in [0.05, 0.1) is 0 Å². The van der Waals surface area contributed by atoms with E-state index < -0.39 is 0 Å². The van der Waals surface area contributed by atoms with Crippen molar-refractivity contribution in [2.75, 3.05) is 0 Å². The maximum atomic E-state index is 9.96. The number of carbonyl (C=O) groups excluding carboxylic acids is 1.